The summed E-state index contributed by atoms with van der Waals surface area (Å²) in [5, 5.41) is 9.36. The van der Waals surface area contributed by atoms with Gasteiger partial charge in [0.05, 0.1) is 19.9 Å². The molecule has 8 nitrogen and oxygen atoms in total. The molecular weight excluding hydrogens is 420 g/mol. The molecule has 8 heteroatoms. The molecule has 2 aromatic carbocycles. The van der Waals surface area contributed by atoms with Crippen molar-refractivity contribution >= 4 is 23.7 Å². The second kappa shape index (κ2) is 11.4. The Morgan fingerprint density at radius 1 is 1.18 bits per heavy atom. The first-order valence-corrected chi connectivity index (χ1v) is 11.2. The van der Waals surface area contributed by atoms with E-state index in [2.05, 4.69) is 24.3 Å². The largest absolute Gasteiger partial charge is 0.493 e. The molecule has 0 bridgehead atoms. The lowest BCUT2D eigenvalue weighted by Crippen LogP contribution is -2.44. The number of amides is 2. The standard InChI is InChI=1S/C25H32N4O4/c1-17(2)16-33-23-14-18(7-12-22(23)32-3)15-27-29-13-5-4-6-21(29)25(31)28-20-10-8-19(9-11-20)24(26)30/h7-12,14-15,17,21H,4-6,13,16H2,1-3H3,(H2,26,30)(H,28,31)/b27-15+. The molecular formula is C25H32N4O4. The van der Waals surface area contributed by atoms with Crippen molar-refractivity contribution in [2.75, 3.05) is 25.6 Å². The lowest BCUT2D eigenvalue weighted by molar-refractivity contribution is -0.122. The van der Waals surface area contributed by atoms with Crippen LogP contribution in [0.4, 0.5) is 5.69 Å². The summed E-state index contributed by atoms with van der Waals surface area (Å²) >= 11 is 0. The Kier molecular flexibility index (Phi) is 8.29. The van der Waals surface area contributed by atoms with Gasteiger partial charge in [-0.1, -0.05) is 13.8 Å². The summed E-state index contributed by atoms with van der Waals surface area (Å²) < 4.78 is 11.3. The predicted octanol–water partition coefficient (Wildman–Crippen LogP) is 3.66. The number of nitrogens with one attached hydrogen (secondary N) is 1. The third-order valence-electron chi connectivity index (χ3n) is 5.33. The molecule has 1 heterocycles. The molecule has 3 N–H and O–H groups in total. The average molecular weight is 453 g/mol. The number of carbonyl (C=O) groups is 2. The van der Waals surface area contributed by atoms with Gasteiger partial charge in [-0.3, -0.25) is 14.6 Å². The van der Waals surface area contributed by atoms with E-state index in [0.717, 1.165) is 18.4 Å². The number of nitrogens with zero attached hydrogens (tertiary/aromatic N) is 2. The van der Waals surface area contributed by atoms with Crippen LogP contribution in [-0.4, -0.2) is 49.3 Å². The van der Waals surface area contributed by atoms with Gasteiger partial charge in [0.15, 0.2) is 11.5 Å². The first-order chi connectivity index (χ1) is 15.9. The molecule has 1 saturated heterocycles. The number of hydrogen-bond donors (Lipinski definition) is 2. The monoisotopic (exact) mass is 452 g/mol. The van der Waals surface area contributed by atoms with Crippen LogP contribution in [0.15, 0.2) is 47.6 Å². The van der Waals surface area contributed by atoms with Gasteiger partial charge in [-0.2, -0.15) is 5.10 Å². The summed E-state index contributed by atoms with van der Waals surface area (Å²) in [6.07, 6.45) is 4.39. The normalized spacial score (nSPS) is 16.1. The van der Waals surface area contributed by atoms with Crippen molar-refractivity contribution in [3.63, 3.8) is 0 Å². The van der Waals surface area contributed by atoms with Crippen LogP contribution in [0.1, 0.15) is 49.0 Å². The maximum absolute atomic E-state index is 12.9. The van der Waals surface area contributed by atoms with E-state index in [1.807, 2.05) is 23.2 Å². The Morgan fingerprint density at radius 3 is 2.61 bits per heavy atom. The number of hydrazone groups is 1. The van der Waals surface area contributed by atoms with E-state index in [0.29, 0.717) is 48.2 Å². The fraction of sp³-hybridized carbons (Fsp3) is 0.400. The molecule has 0 aromatic heterocycles. The highest BCUT2D eigenvalue weighted by atomic mass is 16.5. The van der Waals surface area contributed by atoms with E-state index in [-0.39, 0.29) is 11.9 Å². The zero-order chi connectivity index (χ0) is 23.8. The lowest BCUT2D eigenvalue weighted by atomic mass is 10.0. The maximum atomic E-state index is 12.9. The zero-order valence-electron chi connectivity index (χ0n) is 19.4. The van der Waals surface area contributed by atoms with E-state index in [1.165, 1.54) is 0 Å². The smallest absolute Gasteiger partial charge is 0.248 e. The average Bonchev–Trinajstić information content (AvgIpc) is 2.81. The SMILES string of the molecule is COc1ccc(/C=N/N2CCCCC2C(=O)Nc2ccc(C(N)=O)cc2)cc1OCC(C)C. The predicted molar refractivity (Wildman–Crippen MR) is 129 cm³/mol. The number of carbonyl (C=O) groups excluding carboxylic acids is 2. The first kappa shape index (κ1) is 24.1. The molecule has 1 fully saturated rings. The van der Waals surface area contributed by atoms with Crippen LogP contribution in [0.25, 0.3) is 0 Å². The van der Waals surface area contributed by atoms with E-state index in [4.69, 9.17) is 15.2 Å². The Labute approximate surface area is 194 Å². The van der Waals surface area contributed by atoms with E-state index < -0.39 is 5.91 Å². The Morgan fingerprint density at radius 2 is 1.94 bits per heavy atom. The van der Waals surface area contributed by atoms with E-state index in [9.17, 15) is 9.59 Å². The van der Waals surface area contributed by atoms with Gasteiger partial charge in [0.2, 0.25) is 11.8 Å². The number of hydrogen-bond acceptors (Lipinski definition) is 6. The number of ether oxygens (including phenoxy) is 2. The fourth-order valence-corrected chi connectivity index (χ4v) is 3.55. The van der Waals surface area contributed by atoms with E-state index in [1.54, 1.807) is 37.6 Å². The molecule has 1 unspecified atom stereocenters. The number of nitrogens with two attached hydrogens (primary N) is 1. The maximum Gasteiger partial charge on any atom is 0.248 e. The van der Waals surface area contributed by atoms with Crippen LogP contribution < -0.4 is 20.5 Å². The minimum absolute atomic E-state index is 0.130. The van der Waals surface area contributed by atoms with E-state index >= 15 is 0 Å². The van der Waals surface area contributed by atoms with Crippen LogP contribution in [0.3, 0.4) is 0 Å². The van der Waals surface area contributed by atoms with Gasteiger partial charge < -0.3 is 20.5 Å². The van der Waals surface area contributed by atoms with Crippen molar-refractivity contribution in [3.05, 3.63) is 53.6 Å². The fourth-order valence-electron chi connectivity index (χ4n) is 3.55. The zero-order valence-corrected chi connectivity index (χ0v) is 19.4. The van der Waals surface area contributed by atoms with Crippen LogP contribution >= 0.6 is 0 Å². The Hall–Kier alpha value is -3.55. The van der Waals surface area contributed by atoms with Crippen LogP contribution in [0.2, 0.25) is 0 Å². The van der Waals surface area contributed by atoms with Crippen molar-refractivity contribution in [1.82, 2.24) is 5.01 Å². The summed E-state index contributed by atoms with van der Waals surface area (Å²) in [7, 11) is 1.61. The second-order valence-corrected chi connectivity index (χ2v) is 8.47. The van der Waals surface area contributed by atoms with Gasteiger partial charge in [0.1, 0.15) is 6.04 Å². The Balaban J connectivity index is 1.70. The van der Waals surface area contributed by atoms with Gasteiger partial charge in [-0.15, -0.1) is 0 Å². The second-order valence-electron chi connectivity index (χ2n) is 8.47. The number of piperidine rings is 1. The summed E-state index contributed by atoms with van der Waals surface area (Å²) in [5.74, 6) is 1.10. The summed E-state index contributed by atoms with van der Waals surface area (Å²) in [5.41, 5.74) is 7.14. The summed E-state index contributed by atoms with van der Waals surface area (Å²) in [6.45, 7) is 5.46. The van der Waals surface area contributed by atoms with Gasteiger partial charge >= 0.3 is 0 Å². The van der Waals surface area contributed by atoms with Gasteiger partial charge in [-0.05, 0) is 73.2 Å². The van der Waals surface area contributed by atoms with Crippen molar-refractivity contribution in [2.24, 2.45) is 16.8 Å². The number of rotatable bonds is 9. The highest BCUT2D eigenvalue weighted by Crippen LogP contribution is 2.28. The quantitative estimate of drug-likeness (QED) is 0.565. The lowest BCUT2D eigenvalue weighted by Gasteiger charge is -2.32. The molecule has 0 saturated carbocycles. The number of methoxy groups -OCH3 is 1. The molecule has 3 rings (SSSR count). The minimum Gasteiger partial charge on any atom is -0.493 e. The Bertz CT molecular complexity index is 988. The van der Waals surface area contributed by atoms with Crippen molar-refractivity contribution in [3.8, 4) is 11.5 Å². The number of benzene rings is 2. The molecule has 2 amide bonds. The molecule has 0 spiro atoms. The van der Waals surface area contributed by atoms with Gasteiger partial charge in [0, 0.05) is 17.8 Å². The molecule has 33 heavy (non-hydrogen) atoms. The topological polar surface area (TPSA) is 106 Å². The van der Waals surface area contributed by atoms with Gasteiger partial charge in [0.25, 0.3) is 0 Å². The minimum atomic E-state index is -0.503. The van der Waals surface area contributed by atoms with Crippen molar-refractivity contribution in [2.45, 2.75) is 39.2 Å². The summed E-state index contributed by atoms with van der Waals surface area (Å²) in [4.78, 5) is 24.2. The number of primary amides is 1. The van der Waals surface area contributed by atoms with Crippen molar-refractivity contribution in [1.29, 1.82) is 0 Å². The summed E-state index contributed by atoms with van der Waals surface area (Å²) in [6, 6.07) is 11.8. The first-order valence-electron chi connectivity index (χ1n) is 11.2. The van der Waals surface area contributed by atoms with Crippen molar-refractivity contribution < 1.29 is 19.1 Å². The molecule has 1 aliphatic heterocycles. The molecule has 2 aromatic rings. The third-order valence-corrected chi connectivity index (χ3v) is 5.33. The molecule has 176 valence electrons. The molecule has 1 atom stereocenters. The van der Waals surface area contributed by atoms with Crippen LogP contribution in [0, 0.1) is 5.92 Å². The molecule has 1 aliphatic rings. The molecule has 0 aliphatic carbocycles. The highest BCUT2D eigenvalue weighted by Gasteiger charge is 2.28. The number of anilines is 1. The highest BCUT2D eigenvalue weighted by molar-refractivity contribution is 5.96. The molecule has 0 radical (unpaired) electrons. The van der Waals surface area contributed by atoms with Crippen LogP contribution in [-0.2, 0) is 4.79 Å². The van der Waals surface area contributed by atoms with Crippen LogP contribution in [0.5, 0.6) is 11.5 Å². The third kappa shape index (κ3) is 6.71. The van der Waals surface area contributed by atoms with Gasteiger partial charge in [-0.25, -0.2) is 0 Å².